The number of nitrogens with zero attached hydrogens (tertiary/aromatic N) is 1. The van der Waals surface area contributed by atoms with Crippen LogP contribution in [-0.4, -0.2) is 59.7 Å². The van der Waals surface area contributed by atoms with Gasteiger partial charge in [-0.05, 0) is 23.8 Å². The highest BCUT2D eigenvalue weighted by molar-refractivity contribution is 14.0. The van der Waals surface area contributed by atoms with E-state index in [2.05, 4.69) is 40.1 Å². The van der Waals surface area contributed by atoms with Gasteiger partial charge in [0.15, 0.2) is 5.96 Å². The fourth-order valence-electron chi connectivity index (χ4n) is 1.89. The Kier molecular flexibility index (Phi) is 12.7. The Bertz CT molecular complexity index is 563. The first kappa shape index (κ1) is 23.6. The summed E-state index contributed by atoms with van der Waals surface area (Å²) in [6, 6.07) is 4.23. The number of ether oxygens (including phenoxy) is 1. The molecule has 0 spiro atoms. The smallest absolute Gasteiger partial charge is 0.191 e. The van der Waals surface area contributed by atoms with Crippen molar-refractivity contribution in [3.05, 3.63) is 22.4 Å². The van der Waals surface area contributed by atoms with Crippen LogP contribution in [0.2, 0.25) is 0 Å². The average molecular weight is 489 g/mol. The summed E-state index contributed by atoms with van der Waals surface area (Å²) < 4.78 is 27.2. The first-order valence-electron chi connectivity index (χ1n) is 7.63. The third-order valence-corrected chi connectivity index (χ3v) is 4.92. The Balaban J connectivity index is 0.00000529. The maximum atomic E-state index is 11.0. The van der Waals surface area contributed by atoms with Crippen molar-refractivity contribution in [1.82, 2.24) is 10.6 Å². The van der Waals surface area contributed by atoms with E-state index in [4.69, 9.17) is 4.74 Å². The summed E-state index contributed by atoms with van der Waals surface area (Å²) in [7, 11) is -1.23. The van der Waals surface area contributed by atoms with Gasteiger partial charge in [-0.3, -0.25) is 4.99 Å². The molecule has 140 valence electrons. The molecule has 0 aliphatic carbocycles. The van der Waals surface area contributed by atoms with Crippen molar-refractivity contribution in [3.8, 4) is 0 Å². The normalized spacial score (nSPS) is 13.2. The number of hydrogen-bond donors (Lipinski definition) is 2. The fraction of sp³-hybridized carbons (Fsp3) is 0.667. The van der Waals surface area contributed by atoms with Crippen LogP contribution in [0.15, 0.2) is 22.5 Å². The molecule has 1 unspecified atom stereocenters. The van der Waals surface area contributed by atoms with E-state index in [0.29, 0.717) is 19.1 Å². The van der Waals surface area contributed by atoms with Crippen molar-refractivity contribution in [2.24, 2.45) is 10.9 Å². The monoisotopic (exact) mass is 489 g/mol. The lowest BCUT2D eigenvalue weighted by atomic mass is 10.1. The molecule has 1 rings (SSSR count). The molecule has 24 heavy (non-hydrogen) atoms. The van der Waals surface area contributed by atoms with Crippen molar-refractivity contribution >= 4 is 51.1 Å². The number of hydrogen-bond acceptors (Lipinski definition) is 5. The van der Waals surface area contributed by atoms with Crippen LogP contribution in [0.1, 0.15) is 11.8 Å². The van der Waals surface area contributed by atoms with Crippen LogP contribution in [0.5, 0.6) is 0 Å². The molecule has 1 atom stereocenters. The van der Waals surface area contributed by atoms with Gasteiger partial charge in [0, 0.05) is 31.3 Å². The maximum absolute atomic E-state index is 11.0. The second-order valence-corrected chi connectivity index (χ2v) is 8.80. The first-order valence-corrected chi connectivity index (χ1v) is 10.6. The zero-order valence-corrected chi connectivity index (χ0v) is 18.4. The van der Waals surface area contributed by atoms with Crippen LogP contribution in [0.25, 0.3) is 0 Å². The molecular weight excluding hydrogens is 461 g/mol. The predicted octanol–water partition coefficient (Wildman–Crippen LogP) is 1.77. The Hall–Kier alpha value is -0.390. The summed E-state index contributed by atoms with van der Waals surface area (Å²) in [5.74, 6) is 1.30. The van der Waals surface area contributed by atoms with E-state index < -0.39 is 9.84 Å². The SMILES string of the molecule is CN=C(NCCOCCS(C)(=O)=O)NCC(C)Cc1cccs1.I. The van der Waals surface area contributed by atoms with Crippen molar-refractivity contribution < 1.29 is 13.2 Å². The van der Waals surface area contributed by atoms with Gasteiger partial charge in [0.05, 0.1) is 19.0 Å². The summed E-state index contributed by atoms with van der Waals surface area (Å²) in [4.78, 5) is 5.55. The molecule has 6 nitrogen and oxygen atoms in total. The second-order valence-electron chi connectivity index (χ2n) is 5.51. The van der Waals surface area contributed by atoms with E-state index in [9.17, 15) is 8.42 Å². The van der Waals surface area contributed by atoms with Crippen molar-refractivity contribution in [3.63, 3.8) is 0 Å². The van der Waals surface area contributed by atoms with Crippen LogP contribution < -0.4 is 10.6 Å². The third-order valence-electron chi connectivity index (χ3n) is 3.11. The summed E-state index contributed by atoms with van der Waals surface area (Å²) in [6.45, 7) is 4.30. The molecule has 0 aromatic carbocycles. The Morgan fingerprint density at radius 3 is 2.71 bits per heavy atom. The number of guanidine groups is 1. The van der Waals surface area contributed by atoms with E-state index >= 15 is 0 Å². The van der Waals surface area contributed by atoms with Crippen LogP contribution in [0.3, 0.4) is 0 Å². The van der Waals surface area contributed by atoms with Crippen molar-refractivity contribution in [2.45, 2.75) is 13.3 Å². The largest absolute Gasteiger partial charge is 0.379 e. The molecule has 0 amide bonds. The van der Waals surface area contributed by atoms with Crippen LogP contribution in [0, 0.1) is 5.92 Å². The van der Waals surface area contributed by atoms with E-state index in [1.165, 1.54) is 11.1 Å². The minimum atomic E-state index is -2.95. The van der Waals surface area contributed by atoms with E-state index in [1.54, 1.807) is 18.4 Å². The molecule has 9 heteroatoms. The lowest BCUT2D eigenvalue weighted by molar-refractivity contribution is 0.154. The van der Waals surface area contributed by atoms with Gasteiger partial charge in [0.25, 0.3) is 0 Å². The van der Waals surface area contributed by atoms with E-state index in [1.807, 2.05) is 0 Å². The highest BCUT2D eigenvalue weighted by Crippen LogP contribution is 2.13. The lowest BCUT2D eigenvalue weighted by Crippen LogP contribution is -2.41. The molecule has 2 N–H and O–H groups in total. The number of halogens is 1. The molecule has 0 aliphatic rings. The molecule has 0 saturated carbocycles. The van der Waals surface area contributed by atoms with Gasteiger partial charge in [-0.15, -0.1) is 35.3 Å². The van der Waals surface area contributed by atoms with Crippen molar-refractivity contribution in [2.75, 3.05) is 45.4 Å². The predicted molar refractivity (Wildman–Crippen MR) is 112 cm³/mol. The molecular formula is C15H28IN3O3S2. The highest BCUT2D eigenvalue weighted by Gasteiger charge is 2.06. The molecule has 0 radical (unpaired) electrons. The number of sulfone groups is 1. The first-order chi connectivity index (χ1) is 10.9. The minimum Gasteiger partial charge on any atom is -0.379 e. The van der Waals surface area contributed by atoms with Crippen LogP contribution in [0.4, 0.5) is 0 Å². The summed E-state index contributed by atoms with van der Waals surface area (Å²) in [5.41, 5.74) is 0. The average Bonchev–Trinajstić information content (AvgIpc) is 2.97. The van der Waals surface area contributed by atoms with Crippen LogP contribution in [-0.2, 0) is 21.0 Å². The van der Waals surface area contributed by atoms with E-state index in [-0.39, 0.29) is 36.3 Å². The van der Waals surface area contributed by atoms with Gasteiger partial charge in [0.2, 0.25) is 0 Å². The van der Waals surface area contributed by atoms with Gasteiger partial charge in [-0.25, -0.2) is 8.42 Å². The maximum Gasteiger partial charge on any atom is 0.191 e. The zero-order valence-electron chi connectivity index (χ0n) is 14.4. The van der Waals surface area contributed by atoms with Crippen LogP contribution >= 0.6 is 35.3 Å². The summed E-state index contributed by atoms with van der Waals surface area (Å²) in [6.07, 6.45) is 2.26. The second kappa shape index (κ2) is 12.9. The van der Waals surface area contributed by atoms with Gasteiger partial charge in [-0.2, -0.15) is 0 Å². The van der Waals surface area contributed by atoms with Gasteiger partial charge in [0.1, 0.15) is 9.84 Å². The number of thiophene rings is 1. The summed E-state index contributed by atoms with van der Waals surface area (Å²) >= 11 is 1.78. The minimum absolute atomic E-state index is 0. The third kappa shape index (κ3) is 12.0. The molecule has 1 aromatic heterocycles. The van der Waals surface area contributed by atoms with E-state index in [0.717, 1.165) is 18.9 Å². The molecule has 1 heterocycles. The van der Waals surface area contributed by atoms with Gasteiger partial charge in [-0.1, -0.05) is 13.0 Å². The Labute approximate surface area is 166 Å². The summed E-state index contributed by atoms with van der Waals surface area (Å²) in [5, 5.41) is 8.53. The highest BCUT2D eigenvalue weighted by atomic mass is 127. The number of nitrogens with one attached hydrogen (secondary N) is 2. The quantitative estimate of drug-likeness (QED) is 0.227. The molecule has 0 aliphatic heterocycles. The molecule has 0 fully saturated rings. The molecule has 1 aromatic rings. The molecule has 0 saturated heterocycles. The number of aliphatic imine (C=N–C) groups is 1. The number of rotatable bonds is 10. The Morgan fingerprint density at radius 2 is 2.12 bits per heavy atom. The zero-order chi connectivity index (χ0) is 17.1. The lowest BCUT2D eigenvalue weighted by Gasteiger charge is -2.15. The molecule has 0 bridgehead atoms. The van der Waals surface area contributed by atoms with Gasteiger partial charge < -0.3 is 15.4 Å². The topological polar surface area (TPSA) is 79.8 Å². The van der Waals surface area contributed by atoms with Crippen molar-refractivity contribution in [1.29, 1.82) is 0 Å². The Morgan fingerprint density at radius 1 is 1.38 bits per heavy atom. The van der Waals surface area contributed by atoms with Gasteiger partial charge >= 0.3 is 0 Å². The standard InChI is InChI=1S/C15H27N3O3S2.HI/c1-13(11-14-5-4-9-22-14)12-18-15(16-2)17-6-7-21-8-10-23(3,19)20;/h4-5,9,13H,6-8,10-12H2,1-3H3,(H2,16,17,18);1H. The fourth-order valence-corrected chi connectivity index (χ4v) is 3.18.